The highest BCUT2D eigenvalue weighted by molar-refractivity contribution is 5.76. The predicted octanol–water partition coefficient (Wildman–Crippen LogP) is 13.1. The van der Waals surface area contributed by atoms with Crippen molar-refractivity contribution in [2.75, 3.05) is 19.8 Å². The summed E-state index contributed by atoms with van der Waals surface area (Å²) in [6.07, 6.45) is 65.2. The van der Waals surface area contributed by atoms with Crippen molar-refractivity contribution in [2.45, 2.75) is 293 Å². The van der Waals surface area contributed by atoms with Gasteiger partial charge in [-0.3, -0.25) is 4.79 Å². The Morgan fingerprint density at radius 1 is 0.430 bits per heavy atom. The van der Waals surface area contributed by atoms with Crippen molar-refractivity contribution < 1.29 is 64.6 Å². The van der Waals surface area contributed by atoms with E-state index in [9.17, 15) is 45.6 Å². The molecule has 0 aromatic heterocycles. The normalized spacial score (nSPS) is 24.3. The first-order chi connectivity index (χ1) is 42.1. The van der Waals surface area contributed by atoms with Gasteiger partial charge in [0.1, 0.15) is 48.8 Å². The maximum Gasteiger partial charge on any atom is 0.220 e. The molecule has 0 aliphatic carbocycles. The molecule has 2 rings (SSSR count). The van der Waals surface area contributed by atoms with Crippen LogP contribution in [-0.2, 0) is 23.7 Å². The van der Waals surface area contributed by atoms with Crippen molar-refractivity contribution in [2.24, 2.45) is 0 Å². The molecule has 86 heavy (non-hydrogen) atoms. The van der Waals surface area contributed by atoms with Gasteiger partial charge in [0.25, 0.3) is 0 Å². The summed E-state index contributed by atoms with van der Waals surface area (Å²) >= 11 is 0. The third kappa shape index (κ3) is 39.2. The minimum atomic E-state index is -1.80. The molecule has 12 atom stereocenters. The maximum absolute atomic E-state index is 13.3. The van der Waals surface area contributed by atoms with Gasteiger partial charge < -0.3 is 65.1 Å². The maximum atomic E-state index is 13.3. The second-order valence-electron chi connectivity index (χ2n) is 22.8. The number of carbonyl (C=O) groups is 1. The van der Waals surface area contributed by atoms with Crippen LogP contribution in [0.1, 0.15) is 219 Å². The van der Waals surface area contributed by atoms with Gasteiger partial charge in [-0.15, -0.1) is 0 Å². The summed E-state index contributed by atoms with van der Waals surface area (Å²) in [5.74, 6) is -0.260. The van der Waals surface area contributed by atoms with Gasteiger partial charge in [0.05, 0.1) is 32.0 Å². The highest BCUT2D eigenvalue weighted by Gasteiger charge is 2.51. The lowest BCUT2D eigenvalue weighted by molar-refractivity contribution is -0.359. The molecule has 1 amide bonds. The molecule has 12 unspecified atom stereocenters. The minimum absolute atomic E-state index is 0.260. The molecule has 0 bridgehead atoms. The van der Waals surface area contributed by atoms with Gasteiger partial charge in [-0.05, 0) is 109 Å². The van der Waals surface area contributed by atoms with Crippen LogP contribution in [0, 0.1) is 0 Å². The summed E-state index contributed by atoms with van der Waals surface area (Å²) in [7, 11) is 0. The molecule has 2 aliphatic heterocycles. The standard InChI is InChI=1S/C72H119NO13/c1-3-5-7-9-11-13-15-17-18-19-20-21-22-23-24-25-26-27-28-29-30-31-32-33-34-35-36-37-38-39-40-41-42-44-46-48-50-52-54-56-64(77)73-60(61(76)55-53-51-49-47-45-43-16-14-12-10-8-6-4-2)59-83-71-69(82)67(80)70(63(58-75)85-71)86-72-68(81)66(79)65(78)62(57-74)84-72/h5,7,11-14,17-18,20-21,23-24,26-27,29-30,32-33,45,47,53,55,60-63,65-72,74-76,78-82H,3-4,6,8-10,15-16,19,22,25,28,31,34-44,46,48-52,54,56-59H2,1-2H3,(H,73,77)/b7-5-,13-11-,14-12+,18-17-,21-20-,24-23-,27-26-,30-29-,33-32-,47-45+,55-53+. The number of allylic oxidation sites excluding steroid dienone is 21. The molecule has 2 fully saturated rings. The van der Waals surface area contributed by atoms with Crippen molar-refractivity contribution in [3.8, 4) is 0 Å². The summed E-state index contributed by atoms with van der Waals surface area (Å²) in [5.41, 5.74) is 0. The van der Waals surface area contributed by atoms with Crippen LogP contribution in [0.2, 0.25) is 0 Å². The molecular weight excluding hydrogens is 1090 g/mol. The molecule has 0 saturated carbocycles. The number of hydrogen-bond donors (Lipinski definition) is 9. The molecule has 0 spiro atoms. The number of nitrogens with one attached hydrogen (secondary N) is 1. The fraction of sp³-hybridized carbons (Fsp3) is 0.681. The lowest BCUT2D eigenvalue weighted by Gasteiger charge is -2.46. The number of hydrogen-bond acceptors (Lipinski definition) is 13. The molecule has 14 nitrogen and oxygen atoms in total. The number of unbranched alkanes of at least 4 members (excludes halogenated alkanes) is 19. The van der Waals surface area contributed by atoms with Crippen LogP contribution < -0.4 is 5.32 Å². The molecule has 2 heterocycles. The Hall–Kier alpha value is -3.87. The molecule has 14 heteroatoms. The first kappa shape index (κ1) is 78.2. The first-order valence-corrected chi connectivity index (χ1v) is 33.4. The van der Waals surface area contributed by atoms with Gasteiger partial charge in [-0.1, -0.05) is 237 Å². The molecule has 2 saturated heterocycles. The van der Waals surface area contributed by atoms with Crippen molar-refractivity contribution in [1.82, 2.24) is 5.32 Å². The van der Waals surface area contributed by atoms with E-state index in [1.54, 1.807) is 6.08 Å². The first-order valence-electron chi connectivity index (χ1n) is 33.4. The average molecular weight is 1210 g/mol. The average Bonchev–Trinajstić information content (AvgIpc) is 2.76. The third-order valence-corrected chi connectivity index (χ3v) is 15.3. The van der Waals surface area contributed by atoms with Gasteiger partial charge in [0.15, 0.2) is 12.6 Å². The Labute approximate surface area is 520 Å². The van der Waals surface area contributed by atoms with Gasteiger partial charge in [-0.25, -0.2) is 0 Å². The quantitative estimate of drug-likeness (QED) is 0.0204. The Bertz CT molecular complexity index is 1950. The van der Waals surface area contributed by atoms with Crippen molar-refractivity contribution in [1.29, 1.82) is 0 Å². The van der Waals surface area contributed by atoms with Gasteiger partial charge in [-0.2, -0.15) is 0 Å². The Morgan fingerprint density at radius 2 is 0.814 bits per heavy atom. The minimum Gasteiger partial charge on any atom is -0.394 e. The van der Waals surface area contributed by atoms with Gasteiger partial charge in [0, 0.05) is 6.42 Å². The second-order valence-corrected chi connectivity index (χ2v) is 22.8. The highest BCUT2D eigenvalue weighted by Crippen LogP contribution is 2.30. The van der Waals surface area contributed by atoms with Gasteiger partial charge >= 0.3 is 0 Å². The van der Waals surface area contributed by atoms with Crippen LogP contribution in [0.5, 0.6) is 0 Å². The Balaban J connectivity index is 1.61. The number of rotatable bonds is 52. The van der Waals surface area contributed by atoms with E-state index in [0.717, 1.165) is 103 Å². The Morgan fingerprint density at radius 3 is 1.28 bits per heavy atom. The molecular formula is C72H119NO13. The lowest BCUT2D eigenvalue weighted by atomic mass is 9.97. The summed E-state index contributed by atoms with van der Waals surface area (Å²) in [5, 5.41) is 87.1. The van der Waals surface area contributed by atoms with E-state index in [2.05, 4.69) is 141 Å². The second kappa shape index (κ2) is 55.2. The monoisotopic (exact) mass is 1210 g/mol. The van der Waals surface area contributed by atoms with Crippen LogP contribution >= 0.6 is 0 Å². The van der Waals surface area contributed by atoms with E-state index >= 15 is 0 Å². The number of carbonyl (C=O) groups excluding carboxylic acids is 1. The van der Waals surface area contributed by atoms with E-state index in [-0.39, 0.29) is 18.9 Å². The predicted molar refractivity (Wildman–Crippen MR) is 350 cm³/mol. The van der Waals surface area contributed by atoms with Gasteiger partial charge in [0.2, 0.25) is 5.91 Å². The van der Waals surface area contributed by atoms with Crippen LogP contribution in [-0.4, -0.2) is 140 Å². The van der Waals surface area contributed by atoms with Crippen LogP contribution in [0.25, 0.3) is 0 Å². The third-order valence-electron chi connectivity index (χ3n) is 15.3. The molecule has 2 aliphatic rings. The van der Waals surface area contributed by atoms with E-state index in [0.29, 0.717) is 12.8 Å². The zero-order chi connectivity index (χ0) is 62.3. The largest absolute Gasteiger partial charge is 0.394 e. The van der Waals surface area contributed by atoms with E-state index in [4.69, 9.17) is 18.9 Å². The van der Waals surface area contributed by atoms with Crippen LogP contribution in [0.15, 0.2) is 134 Å². The van der Waals surface area contributed by atoms with Crippen LogP contribution in [0.4, 0.5) is 0 Å². The number of amides is 1. The smallest absolute Gasteiger partial charge is 0.220 e. The van der Waals surface area contributed by atoms with Crippen molar-refractivity contribution >= 4 is 5.91 Å². The molecule has 9 N–H and O–H groups in total. The molecule has 0 aromatic carbocycles. The van der Waals surface area contributed by atoms with Crippen molar-refractivity contribution in [3.05, 3.63) is 134 Å². The zero-order valence-corrected chi connectivity index (χ0v) is 53.0. The highest BCUT2D eigenvalue weighted by atomic mass is 16.7. The summed E-state index contributed by atoms with van der Waals surface area (Å²) in [6.45, 7) is 2.60. The van der Waals surface area contributed by atoms with E-state index in [1.807, 2.05) is 6.08 Å². The van der Waals surface area contributed by atoms with E-state index in [1.165, 1.54) is 83.5 Å². The SMILES string of the molecule is CC/C=C\C/C=C\C/C=C\C/C=C\C/C=C\C/C=C\C/C=C\C/C=C\CCCCCCCCCCCCCCCCC(=O)NC(COC1OC(CO)C(OC2OC(CO)C(O)C(O)C2O)C(O)C1O)C(O)/C=C/CC/C=C/CC/C=C/CCCCC. The summed E-state index contributed by atoms with van der Waals surface area (Å²) in [4.78, 5) is 13.3. The lowest BCUT2D eigenvalue weighted by Crippen LogP contribution is -2.65. The zero-order valence-electron chi connectivity index (χ0n) is 53.0. The van der Waals surface area contributed by atoms with Crippen molar-refractivity contribution in [3.63, 3.8) is 0 Å². The molecule has 0 aromatic rings. The summed E-state index contributed by atoms with van der Waals surface area (Å²) < 4.78 is 22.7. The number of ether oxygens (including phenoxy) is 4. The summed E-state index contributed by atoms with van der Waals surface area (Å²) in [6, 6.07) is -0.945. The fourth-order valence-electron chi connectivity index (χ4n) is 9.99. The number of aliphatic hydroxyl groups is 8. The topological polar surface area (TPSA) is 228 Å². The fourth-order valence-corrected chi connectivity index (χ4v) is 9.99. The Kier molecular flexibility index (Phi) is 50.2. The molecule has 490 valence electrons. The number of aliphatic hydroxyl groups excluding tert-OH is 8. The van der Waals surface area contributed by atoms with E-state index < -0.39 is 86.8 Å². The van der Waals surface area contributed by atoms with Crippen LogP contribution in [0.3, 0.4) is 0 Å². The molecule has 0 radical (unpaired) electrons.